The van der Waals surface area contributed by atoms with Crippen LogP contribution < -0.4 is 5.32 Å². The molecule has 21 heavy (non-hydrogen) atoms. The van der Waals surface area contributed by atoms with Crippen LogP contribution in [0.1, 0.15) is 16.1 Å². The van der Waals surface area contributed by atoms with Crippen LogP contribution in [-0.2, 0) is 0 Å². The second kappa shape index (κ2) is 5.33. The summed E-state index contributed by atoms with van der Waals surface area (Å²) in [7, 11) is 0. The van der Waals surface area contributed by atoms with Gasteiger partial charge in [-0.05, 0) is 55.0 Å². The Morgan fingerprint density at radius 2 is 2.00 bits per heavy atom. The van der Waals surface area contributed by atoms with Crippen LogP contribution in [0.25, 0.3) is 10.9 Å². The summed E-state index contributed by atoms with van der Waals surface area (Å²) in [6.45, 7) is 1.92. The first-order valence-corrected chi connectivity index (χ1v) is 7.18. The fraction of sp³-hybridized carbons (Fsp3) is 0.0625. The molecule has 2 aromatic carbocycles. The molecule has 5 heteroatoms. The van der Waals surface area contributed by atoms with Gasteiger partial charge in [-0.25, -0.2) is 4.39 Å². The number of hydrogen-bond acceptors (Lipinski definition) is 1. The van der Waals surface area contributed by atoms with E-state index in [1.807, 2.05) is 25.1 Å². The molecule has 0 spiro atoms. The first kappa shape index (κ1) is 13.8. The molecule has 2 N–H and O–H groups in total. The molecule has 0 unspecified atom stereocenters. The Bertz CT molecular complexity index is 841. The van der Waals surface area contributed by atoms with Crippen LogP contribution >= 0.6 is 15.9 Å². The molecular weight excluding hydrogens is 335 g/mol. The van der Waals surface area contributed by atoms with Crippen LogP contribution in [-0.4, -0.2) is 10.9 Å². The Morgan fingerprint density at radius 1 is 1.19 bits per heavy atom. The molecule has 3 nitrogen and oxygen atoms in total. The van der Waals surface area contributed by atoms with Crippen molar-refractivity contribution in [3.05, 3.63) is 64.0 Å². The first-order chi connectivity index (χ1) is 10.0. The molecule has 1 amide bonds. The van der Waals surface area contributed by atoms with Gasteiger partial charge < -0.3 is 10.3 Å². The number of carbonyl (C=O) groups excluding carboxylic acids is 1. The van der Waals surface area contributed by atoms with Crippen molar-refractivity contribution in [2.45, 2.75) is 6.92 Å². The summed E-state index contributed by atoms with van der Waals surface area (Å²) in [5.74, 6) is -0.586. The minimum Gasteiger partial charge on any atom is -0.350 e. The summed E-state index contributed by atoms with van der Waals surface area (Å²) >= 11 is 3.38. The fourth-order valence-electron chi connectivity index (χ4n) is 2.18. The van der Waals surface area contributed by atoms with Gasteiger partial charge in [-0.15, -0.1) is 0 Å². The average molecular weight is 347 g/mol. The zero-order chi connectivity index (χ0) is 15.0. The summed E-state index contributed by atoms with van der Waals surface area (Å²) in [5, 5.41) is 3.64. The third kappa shape index (κ3) is 2.83. The van der Waals surface area contributed by atoms with Gasteiger partial charge in [0, 0.05) is 21.1 Å². The Balaban J connectivity index is 1.89. The van der Waals surface area contributed by atoms with Crippen molar-refractivity contribution in [2.24, 2.45) is 0 Å². The van der Waals surface area contributed by atoms with Crippen LogP contribution in [0.4, 0.5) is 10.1 Å². The van der Waals surface area contributed by atoms with E-state index in [0.717, 1.165) is 21.1 Å². The number of amides is 1. The topological polar surface area (TPSA) is 44.9 Å². The second-order valence-electron chi connectivity index (χ2n) is 4.83. The van der Waals surface area contributed by atoms with Gasteiger partial charge in [0.05, 0.1) is 0 Å². The van der Waals surface area contributed by atoms with Gasteiger partial charge in [0.15, 0.2) is 0 Å². The minimum absolute atomic E-state index is 0.253. The quantitative estimate of drug-likeness (QED) is 0.698. The number of fused-ring (bicyclic) bond motifs is 1. The number of halogens is 2. The Morgan fingerprint density at radius 3 is 2.76 bits per heavy atom. The lowest BCUT2D eigenvalue weighted by atomic mass is 10.2. The smallest absolute Gasteiger partial charge is 0.272 e. The molecule has 0 fully saturated rings. The van der Waals surface area contributed by atoms with Crippen molar-refractivity contribution in [2.75, 3.05) is 5.32 Å². The molecule has 0 atom stereocenters. The van der Waals surface area contributed by atoms with Crippen LogP contribution in [0, 0.1) is 12.7 Å². The number of benzene rings is 2. The van der Waals surface area contributed by atoms with Gasteiger partial charge in [0.2, 0.25) is 0 Å². The van der Waals surface area contributed by atoms with Gasteiger partial charge in [-0.3, -0.25) is 4.79 Å². The van der Waals surface area contributed by atoms with Crippen LogP contribution in [0.5, 0.6) is 0 Å². The summed E-state index contributed by atoms with van der Waals surface area (Å²) in [6, 6.07) is 11.7. The lowest BCUT2D eigenvalue weighted by Gasteiger charge is -2.07. The van der Waals surface area contributed by atoms with Crippen molar-refractivity contribution in [1.82, 2.24) is 4.98 Å². The molecule has 0 aliphatic rings. The molecular formula is C16H12BrFN2O. The molecule has 3 rings (SSSR count). The summed E-state index contributed by atoms with van der Waals surface area (Å²) < 4.78 is 14.1. The molecule has 0 aliphatic heterocycles. The fourth-order valence-corrected chi connectivity index (χ4v) is 2.65. The largest absolute Gasteiger partial charge is 0.350 e. The van der Waals surface area contributed by atoms with Gasteiger partial charge in [0.25, 0.3) is 5.91 Å². The van der Waals surface area contributed by atoms with E-state index in [4.69, 9.17) is 0 Å². The van der Waals surface area contributed by atoms with Crippen molar-refractivity contribution in [3.63, 3.8) is 0 Å². The number of hydrogen-bond donors (Lipinski definition) is 2. The number of nitrogens with one attached hydrogen (secondary N) is 2. The van der Waals surface area contributed by atoms with Gasteiger partial charge in [0.1, 0.15) is 11.5 Å². The number of aromatic amines is 1. The van der Waals surface area contributed by atoms with Crippen molar-refractivity contribution in [3.8, 4) is 0 Å². The van der Waals surface area contributed by atoms with Crippen molar-refractivity contribution < 1.29 is 9.18 Å². The highest BCUT2D eigenvalue weighted by molar-refractivity contribution is 9.10. The van der Waals surface area contributed by atoms with Gasteiger partial charge >= 0.3 is 0 Å². The van der Waals surface area contributed by atoms with E-state index in [1.165, 1.54) is 12.1 Å². The number of aryl methyl sites for hydroxylation is 1. The SMILES string of the molecule is Cc1cc(Br)ccc1NC(=O)c1cc2ccc(F)cc2[nH]1. The predicted molar refractivity (Wildman–Crippen MR) is 85.1 cm³/mol. The zero-order valence-electron chi connectivity index (χ0n) is 11.2. The van der Waals surface area contributed by atoms with E-state index in [-0.39, 0.29) is 11.7 Å². The minimum atomic E-state index is -0.333. The lowest BCUT2D eigenvalue weighted by Crippen LogP contribution is -2.13. The predicted octanol–water partition coefficient (Wildman–Crippen LogP) is 4.63. The molecule has 0 bridgehead atoms. The van der Waals surface area contributed by atoms with Crippen LogP contribution in [0.2, 0.25) is 0 Å². The number of aromatic nitrogens is 1. The summed E-state index contributed by atoms with van der Waals surface area (Å²) in [5.41, 5.74) is 2.71. The highest BCUT2D eigenvalue weighted by Gasteiger charge is 2.11. The molecule has 0 aliphatic carbocycles. The maximum absolute atomic E-state index is 13.2. The van der Waals surface area contributed by atoms with Crippen molar-refractivity contribution >= 4 is 38.4 Å². The Hall–Kier alpha value is -2.14. The monoisotopic (exact) mass is 346 g/mol. The van der Waals surface area contributed by atoms with E-state index in [1.54, 1.807) is 12.1 Å². The summed E-state index contributed by atoms with van der Waals surface area (Å²) in [6.07, 6.45) is 0. The van der Waals surface area contributed by atoms with Crippen molar-refractivity contribution in [1.29, 1.82) is 0 Å². The van der Waals surface area contributed by atoms with Crippen LogP contribution in [0.15, 0.2) is 46.9 Å². The van der Waals surface area contributed by atoms with E-state index in [2.05, 4.69) is 26.2 Å². The number of H-pyrrole nitrogens is 1. The average Bonchev–Trinajstić information content (AvgIpc) is 2.85. The normalized spacial score (nSPS) is 10.8. The molecule has 106 valence electrons. The number of anilines is 1. The molecule has 1 heterocycles. The van der Waals surface area contributed by atoms with E-state index in [9.17, 15) is 9.18 Å². The highest BCUT2D eigenvalue weighted by Crippen LogP contribution is 2.22. The van der Waals surface area contributed by atoms with E-state index in [0.29, 0.717) is 11.2 Å². The second-order valence-corrected chi connectivity index (χ2v) is 5.74. The first-order valence-electron chi connectivity index (χ1n) is 6.39. The maximum atomic E-state index is 13.2. The summed E-state index contributed by atoms with van der Waals surface area (Å²) in [4.78, 5) is 15.2. The standard InChI is InChI=1S/C16H12BrFN2O/c1-9-6-11(17)3-5-13(9)20-16(21)15-7-10-2-4-12(18)8-14(10)19-15/h2-8,19H,1H3,(H,20,21). The number of carbonyl (C=O) groups is 1. The van der Waals surface area contributed by atoms with Crippen LogP contribution in [0.3, 0.4) is 0 Å². The molecule has 0 saturated heterocycles. The van der Waals surface area contributed by atoms with Gasteiger partial charge in [-0.2, -0.15) is 0 Å². The third-order valence-electron chi connectivity index (χ3n) is 3.27. The Labute approximate surface area is 129 Å². The highest BCUT2D eigenvalue weighted by atomic mass is 79.9. The maximum Gasteiger partial charge on any atom is 0.272 e. The molecule has 1 aromatic heterocycles. The van der Waals surface area contributed by atoms with E-state index >= 15 is 0 Å². The Kier molecular flexibility index (Phi) is 3.51. The third-order valence-corrected chi connectivity index (χ3v) is 3.76. The molecule has 0 radical (unpaired) electrons. The molecule has 0 saturated carbocycles. The zero-order valence-corrected chi connectivity index (χ0v) is 12.8. The lowest BCUT2D eigenvalue weighted by molar-refractivity contribution is 0.102. The van der Waals surface area contributed by atoms with Gasteiger partial charge in [-0.1, -0.05) is 15.9 Å². The molecule has 3 aromatic rings. The van der Waals surface area contributed by atoms with E-state index < -0.39 is 0 Å². The number of rotatable bonds is 2.